The lowest BCUT2D eigenvalue weighted by Gasteiger charge is -2.19. The van der Waals surface area contributed by atoms with Gasteiger partial charge in [0.05, 0.1) is 13.0 Å². The van der Waals surface area contributed by atoms with Crippen molar-refractivity contribution in [2.24, 2.45) is 0 Å². The summed E-state index contributed by atoms with van der Waals surface area (Å²) in [7, 11) is 0. The smallest absolute Gasteiger partial charge is 0.308 e. The third-order valence-corrected chi connectivity index (χ3v) is 2.08. The summed E-state index contributed by atoms with van der Waals surface area (Å²) in [4.78, 5) is 10.7. The molecule has 2 saturated heterocycles. The van der Waals surface area contributed by atoms with Gasteiger partial charge in [-0.05, 0) is 6.42 Å². The van der Waals surface area contributed by atoms with E-state index in [9.17, 15) is 4.79 Å². The molecule has 2 heterocycles. The third kappa shape index (κ3) is 0.814. The molecule has 3 heteroatoms. The van der Waals surface area contributed by atoms with Gasteiger partial charge in [0.2, 0.25) is 5.79 Å². The maximum absolute atomic E-state index is 10.7. The van der Waals surface area contributed by atoms with Gasteiger partial charge < -0.3 is 9.47 Å². The number of hydrogen-bond acceptors (Lipinski definition) is 3. The van der Waals surface area contributed by atoms with E-state index in [0.29, 0.717) is 6.42 Å². The zero-order valence-corrected chi connectivity index (χ0v) is 5.76. The van der Waals surface area contributed by atoms with Crippen molar-refractivity contribution in [3.63, 3.8) is 0 Å². The molecule has 1 atom stereocenters. The number of ether oxygens (including phenoxy) is 2. The van der Waals surface area contributed by atoms with Gasteiger partial charge in [-0.3, -0.25) is 4.79 Å². The van der Waals surface area contributed by atoms with E-state index in [1.165, 1.54) is 0 Å². The Balaban J connectivity index is 2.09. The van der Waals surface area contributed by atoms with Gasteiger partial charge in [-0.2, -0.15) is 0 Å². The maximum atomic E-state index is 10.7. The summed E-state index contributed by atoms with van der Waals surface area (Å²) in [5.74, 6) is -0.598. The first-order chi connectivity index (χ1) is 4.81. The van der Waals surface area contributed by atoms with Crippen LogP contribution >= 0.6 is 0 Å². The van der Waals surface area contributed by atoms with Crippen LogP contribution in [0.4, 0.5) is 0 Å². The molecule has 0 N–H and O–H groups in total. The van der Waals surface area contributed by atoms with Crippen LogP contribution in [0.2, 0.25) is 0 Å². The van der Waals surface area contributed by atoms with Gasteiger partial charge in [0.1, 0.15) is 0 Å². The standard InChI is InChI=1S/C7H10O3/c8-6-2-4-7(10-6)3-1-5-9-7/h1-5H2/t7-/m1/s1. The van der Waals surface area contributed by atoms with Crippen molar-refractivity contribution in [1.82, 2.24) is 0 Å². The van der Waals surface area contributed by atoms with Crippen LogP contribution in [0.1, 0.15) is 25.7 Å². The molecular weight excluding hydrogens is 132 g/mol. The van der Waals surface area contributed by atoms with Crippen molar-refractivity contribution in [2.75, 3.05) is 6.61 Å². The predicted octanol–water partition coefficient (Wildman–Crippen LogP) is 0.830. The third-order valence-electron chi connectivity index (χ3n) is 2.08. The van der Waals surface area contributed by atoms with Gasteiger partial charge in [0.25, 0.3) is 0 Å². The lowest BCUT2D eigenvalue weighted by atomic mass is 10.1. The summed E-state index contributed by atoms with van der Waals surface area (Å²) in [6, 6.07) is 0. The summed E-state index contributed by atoms with van der Waals surface area (Å²) < 4.78 is 10.4. The van der Waals surface area contributed by atoms with Gasteiger partial charge >= 0.3 is 5.97 Å². The van der Waals surface area contributed by atoms with Crippen molar-refractivity contribution in [3.05, 3.63) is 0 Å². The fourth-order valence-electron chi connectivity index (χ4n) is 1.55. The Hall–Kier alpha value is -0.570. The number of carbonyl (C=O) groups excluding carboxylic acids is 1. The van der Waals surface area contributed by atoms with Crippen LogP contribution in [0.3, 0.4) is 0 Å². The average Bonchev–Trinajstić information content (AvgIpc) is 2.46. The molecule has 2 aliphatic heterocycles. The van der Waals surface area contributed by atoms with E-state index in [4.69, 9.17) is 9.47 Å². The molecule has 0 aromatic heterocycles. The fourth-order valence-corrected chi connectivity index (χ4v) is 1.55. The van der Waals surface area contributed by atoms with Crippen molar-refractivity contribution >= 4 is 5.97 Å². The van der Waals surface area contributed by atoms with Crippen molar-refractivity contribution in [3.8, 4) is 0 Å². The molecule has 0 amide bonds. The summed E-state index contributed by atoms with van der Waals surface area (Å²) in [5, 5.41) is 0. The molecule has 2 aliphatic rings. The maximum Gasteiger partial charge on any atom is 0.308 e. The van der Waals surface area contributed by atoms with Crippen LogP contribution in [0.25, 0.3) is 0 Å². The SMILES string of the molecule is O=C1CC[C@@]2(CCCO2)O1. The highest BCUT2D eigenvalue weighted by atomic mass is 16.7. The molecule has 0 aliphatic carbocycles. The molecule has 0 unspecified atom stereocenters. The van der Waals surface area contributed by atoms with E-state index in [-0.39, 0.29) is 5.97 Å². The lowest BCUT2D eigenvalue weighted by molar-refractivity contribution is -0.192. The summed E-state index contributed by atoms with van der Waals surface area (Å²) in [6.45, 7) is 0.743. The van der Waals surface area contributed by atoms with Crippen molar-refractivity contribution in [1.29, 1.82) is 0 Å². The number of carbonyl (C=O) groups is 1. The molecule has 0 aromatic rings. The van der Waals surface area contributed by atoms with Gasteiger partial charge in [0.15, 0.2) is 0 Å². The Labute approximate surface area is 59.3 Å². The van der Waals surface area contributed by atoms with E-state index < -0.39 is 5.79 Å². The van der Waals surface area contributed by atoms with Gasteiger partial charge in [-0.25, -0.2) is 0 Å². The second-order valence-electron chi connectivity index (χ2n) is 2.84. The minimum Gasteiger partial charge on any atom is -0.433 e. The molecule has 0 radical (unpaired) electrons. The normalized spacial score (nSPS) is 39.0. The van der Waals surface area contributed by atoms with Crippen molar-refractivity contribution in [2.45, 2.75) is 31.5 Å². The average molecular weight is 142 g/mol. The van der Waals surface area contributed by atoms with Gasteiger partial charge in [-0.1, -0.05) is 0 Å². The number of hydrogen-bond donors (Lipinski definition) is 0. The quantitative estimate of drug-likeness (QED) is 0.470. The van der Waals surface area contributed by atoms with E-state index in [0.717, 1.165) is 25.9 Å². The molecule has 2 fully saturated rings. The topological polar surface area (TPSA) is 35.5 Å². The minimum atomic E-state index is -0.489. The second kappa shape index (κ2) is 1.95. The summed E-state index contributed by atoms with van der Waals surface area (Å²) in [5.41, 5.74) is 0. The Morgan fingerprint density at radius 1 is 1.40 bits per heavy atom. The van der Waals surface area contributed by atoms with E-state index >= 15 is 0 Å². The molecule has 2 rings (SSSR count). The first-order valence-electron chi connectivity index (χ1n) is 3.67. The zero-order valence-electron chi connectivity index (χ0n) is 5.76. The largest absolute Gasteiger partial charge is 0.433 e. The highest BCUT2D eigenvalue weighted by Gasteiger charge is 2.43. The molecule has 0 aromatic carbocycles. The van der Waals surface area contributed by atoms with Crippen molar-refractivity contribution < 1.29 is 14.3 Å². The molecule has 0 saturated carbocycles. The summed E-state index contributed by atoms with van der Waals surface area (Å²) in [6.07, 6.45) is 3.19. The first kappa shape index (κ1) is 6.16. The molecule has 0 bridgehead atoms. The van der Waals surface area contributed by atoms with Crippen LogP contribution < -0.4 is 0 Å². The zero-order chi connectivity index (χ0) is 7.03. The highest BCUT2D eigenvalue weighted by Crippen LogP contribution is 2.36. The highest BCUT2D eigenvalue weighted by molar-refractivity contribution is 5.71. The van der Waals surface area contributed by atoms with E-state index in [2.05, 4.69) is 0 Å². The Morgan fingerprint density at radius 2 is 2.30 bits per heavy atom. The van der Waals surface area contributed by atoms with Crippen LogP contribution in [-0.2, 0) is 14.3 Å². The minimum absolute atomic E-state index is 0.109. The number of rotatable bonds is 0. The van der Waals surface area contributed by atoms with E-state index in [1.54, 1.807) is 0 Å². The predicted molar refractivity (Wildman–Crippen MR) is 33.2 cm³/mol. The molecule has 1 spiro atoms. The number of esters is 1. The van der Waals surface area contributed by atoms with E-state index in [1.807, 2.05) is 0 Å². The molecule has 56 valence electrons. The first-order valence-corrected chi connectivity index (χ1v) is 3.67. The molecular formula is C7H10O3. The van der Waals surface area contributed by atoms with Crippen LogP contribution in [0.15, 0.2) is 0 Å². The van der Waals surface area contributed by atoms with Crippen LogP contribution in [0, 0.1) is 0 Å². The van der Waals surface area contributed by atoms with Crippen LogP contribution in [0.5, 0.6) is 0 Å². The fraction of sp³-hybridized carbons (Fsp3) is 0.857. The monoisotopic (exact) mass is 142 g/mol. The lowest BCUT2D eigenvalue weighted by Crippen LogP contribution is -2.26. The Morgan fingerprint density at radius 3 is 2.80 bits per heavy atom. The van der Waals surface area contributed by atoms with Gasteiger partial charge in [-0.15, -0.1) is 0 Å². The second-order valence-corrected chi connectivity index (χ2v) is 2.84. The summed E-state index contributed by atoms with van der Waals surface area (Å²) >= 11 is 0. The molecule has 3 nitrogen and oxygen atoms in total. The van der Waals surface area contributed by atoms with Crippen LogP contribution in [-0.4, -0.2) is 18.4 Å². The molecule has 10 heavy (non-hydrogen) atoms. The Kier molecular flexibility index (Phi) is 1.20. The van der Waals surface area contributed by atoms with Gasteiger partial charge in [0, 0.05) is 12.8 Å². The Bertz CT molecular complexity index is 158.